The molecule has 0 aliphatic rings. The molecule has 21 heavy (non-hydrogen) atoms. The number of nitrogens with two attached hydrogens (primary N) is 1. The normalized spacial score (nSPS) is 12.9. The van der Waals surface area contributed by atoms with Crippen molar-refractivity contribution in [2.45, 2.75) is 30.7 Å². The zero-order valence-corrected chi connectivity index (χ0v) is 13.6. The lowest BCUT2D eigenvalue weighted by Crippen LogP contribution is -2.41. The molecule has 0 saturated heterocycles. The number of nitrogens with one attached hydrogen (secondary N) is 1. The second-order valence-corrected chi connectivity index (χ2v) is 6.99. The lowest BCUT2D eigenvalue weighted by Gasteiger charge is -2.15. The molecule has 1 aromatic rings. The van der Waals surface area contributed by atoms with Gasteiger partial charge in [-0.05, 0) is 47.0 Å². The van der Waals surface area contributed by atoms with Gasteiger partial charge in [-0.15, -0.1) is 0 Å². The van der Waals surface area contributed by atoms with Gasteiger partial charge < -0.3 is 10.8 Å². The van der Waals surface area contributed by atoms with Gasteiger partial charge in [-0.1, -0.05) is 6.07 Å². The van der Waals surface area contributed by atoms with Gasteiger partial charge in [-0.3, -0.25) is 9.59 Å². The highest BCUT2D eigenvalue weighted by atomic mass is 79.9. The summed E-state index contributed by atoms with van der Waals surface area (Å²) < 4.78 is 26.8. The monoisotopic (exact) mass is 378 g/mol. The Morgan fingerprint density at radius 1 is 1.43 bits per heavy atom. The fraction of sp³-hybridized carbons (Fsp3) is 0.333. The zero-order valence-electron chi connectivity index (χ0n) is 11.2. The molecule has 0 saturated carbocycles. The van der Waals surface area contributed by atoms with Crippen LogP contribution in [0.3, 0.4) is 0 Å². The van der Waals surface area contributed by atoms with Gasteiger partial charge >= 0.3 is 5.97 Å². The fourth-order valence-corrected chi connectivity index (χ4v) is 4.01. The Morgan fingerprint density at radius 3 is 2.52 bits per heavy atom. The van der Waals surface area contributed by atoms with E-state index in [2.05, 4.69) is 20.7 Å². The largest absolute Gasteiger partial charge is 0.480 e. The van der Waals surface area contributed by atoms with Crippen molar-refractivity contribution in [3.05, 3.63) is 28.2 Å². The molecule has 1 rings (SSSR count). The lowest BCUT2D eigenvalue weighted by atomic mass is 10.2. The molecule has 0 bridgehead atoms. The van der Waals surface area contributed by atoms with Crippen molar-refractivity contribution in [1.29, 1.82) is 0 Å². The van der Waals surface area contributed by atoms with Gasteiger partial charge in [0.05, 0.1) is 4.90 Å². The number of carboxylic acids is 1. The minimum absolute atomic E-state index is 0.0709. The van der Waals surface area contributed by atoms with E-state index in [0.29, 0.717) is 4.47 Å². The highest BCUT2D eigenvalue weighted by Gasteiger charge is 2.27. The Labute approximate surface area is 130 Å². The van der Waals surface area contributed by atoms with Gasteiger partial charge in [0.25, 0.3) is 0 Å². The Balaban J connectivity index is 3.00. The van der Waals surface area contributed by atoms with E-state index in [1.54, 1.807) is 19.1 Å². The number of amides is 1. The standard InChI is InChI=1S/C12H15BrN2O5S/c1-7-2-4-10(8(13)6-7)21(19,20)15-9(12(17)18)3-5-11(14)16/h2,4,6,9,15H,3,5H2,1H3,(H2,14,16)(H,17,18)/t9-/m1/s1. The van der Waals surface area contributed by atoms with Crippen LogP contribution in [0.2, 0.25) is 0 Å². The van der Waals surface area contributed by atoms with Crippen LogP contribution in [0.5, 0.6) is 0 Å². The van der Waals surface area contributed by atoms with Crippen LogP contribution in [0, 0.1) is 6.92 Å². The van der Waals surface area contributed by atoms with E-state index in [0.717, 1.165) is 5.56 Å². The summed E-state index contributed by atoms with van der Waals surface area (Å²) in [6.45, 7) is 1.79. The predicted molar refractivity (Wildman–Crippen MR) is 79.1 cm³/mol. The number of benzene rings is 1. The van der Waals surface area contributed by atoms with E-state index in [-0.39, 0.29) is 17.7 Å². The summed E-state index contributed by atoms with van der Waals surface area (Å²) in [4.78, 5) is 21.7. The average molecular weight is 379 g/mol. The maximum Gasteiger partial charge on any atom is 0.321 e. The summed E-state index contributed by atoms with van der Waals surface area (Å²) >= 11 is 3.13. The summed E-state index contributed by atoms with van der Waals surface area (Å²) in [6, 6.07) is 3.15. The number of carbonyl (C=O) groups excluding carboxylic acids is 1. The van der Waals surface area contributed by atoms with Gasteiger partial charge in [-0.2, -0.15) is 4.72 Å². The SMILES string of the molecule is Cc1ccc(S(=O)(=O)N[C@H](CCC(N)=O)C(=O)O)c(Br)c1. The molecule has 0 aromatic heterocycles. The molecule has 0 aliphatic heterocycles. The molecule has 0 unspecified atom stereocenters. The summed E-state index contributed by atoms with van der Waals surface area (Å²) in [5.41, 5.74) is 5.79. The molecule has 4 N–H and O–H groups in total. The number of hydrogen-bond acceptors (Lipinski definition) is 4. The highest BCUT2D eigenvalue weighted by Crippen LogP contribution is 2.23. The lowest BCUT2D eigenvalue weighted by molar-refractivity contribution is -0.139. The third-order valence-corrected chi connectivity index (χ3v) is 5.10. The molecule has 0 radical (unpaired) electrons. The molecule has 0 heterocycles. The third-order valence-electron chi connectivity index (χ3n) is 2.65. The number of primary amides is 1. The maximum atomic E-state index is 12.2. The van der Waals surface area contributed by atoms with Gasteiger partial charge in [0, 0.05) is 10.9 Å². The number of carboxylic acid groups (broad SMARTS) is 1. The fourth-order valence-electron chi connectivity index (χ4n) is 1.59. The number of aryl methyl sites for hydroxylation is 1. The predicted octanol–water partition coefficient (Wildman–Crippen LogP) is 0.755. The minimum atomic E-state index is -4.03. The number of aliphatic carboxylic acids is 1. The first-order chi connectivity index (χ1) is 9.63. The molecule has 116 valence electrons. The maximum absolute atomic E-state index is 12.2. The first kappa shape index (κ1) is 17.6. The van der Waals surface area contributed by atoms with Gasteiger partial charge in [0.2, 0.25) is 15.9 Å². The molecule has 9 heteroatoms. The topological polar surface area (TPSA) is 127 Å². The van der Waals surface area contributed by atoms with Crippen LogP contribution in [0.25, 0.3) is 0 Å². The molecular formula is C12H15BrN2O5S. The van der Waals surface area contributed by atoms with Gasteiger partial charge in [-0.25, -0.2) is 8.42 Å². The number of sulfonamides is 1. The molecule has 1 amide bonds. The van der Waals surface area contributed by atoms with Crippen LogP contribution in [0.1, 0.15) is 18.4 Å². The number of hydrogen-bond donors (Lipinski definition) is 3. The number of halogens is 1. The molecule has 7 nitrogen and oxygen atoms in total. The van der Waals surface area contributed by atoms with Crippen LogP contribution in [0.15, 0.2) is 27.6 Å². The first-order valence-electron chi connectivity index (χ1n) is 5.93. The van der Waals surface area contributed by atoms with Crippen LogP contribution < -0.4 is 10.5 Å². The molecule has 1 aromatic carbocycles. The second kappa shape index (κ2) is 7.01. The average Bonchev–Trinajstić information content (AvgIpc) is 2.33. The Bertz CT molecular complexity index is 660. The quantitative estimate of drug-likeness (QED) is 0.645. The van der Waals surface area contributed by atoms with E-state index < -0.39 is 27.9 Å². The highest BCUT2D eigenvalue weighted by molar-refractivity contribution is 9.10. The Hall–Kier alpha value is -1.45. The van der Waals surface area contributed by atoms with E-state index in [1.807, 2.05) is 0 Å². The van der Waals surface area contributed by atoms with E-state index in [4.69, 9.17) is 10.8 Å². The minimum Gasteiger partial charge on any atom is -0.480 e. The van der Waals surface area contributed by atoms with Crippen molar-refractivity contribution < 1.29 is 23.1 Å². The van der Waals surface area contributed by atoms with E-state index in [9.17, 15) is 18.0 Å². The summed E-state index contributed by atoms with van der Waals surface area (Å²) in [5, 5.41) is 9.02. The first-order valence-corrected chi connectivity index (χ1v) is 8.20. The van der Waals surface area contributed by atoms with Gasteiger partial charge in [0.1, 0.15) is 6.04 Å². The zero-order chi connectivity index (χ0) is 16.2. The second-order valence-electron chi connectivity index (χ2n) is 4.45. The Kier molecular flexibility index (Phi) is 5.87. The molecule has 0 fully saturated rings. The van der Waals surface area contributed by atoms with Gasteiger partial charge in [0.15, 0.2) is 0 Å². The number of rotatable bonds is 7. The van der Waals surface area contributed by atoms with Crippen molar-refractivity contribution >= 4 is 37.8 Å². The van der Waals surface area contributed by atoms with Crippen molar-refractivity contribution in [2.24, 2.45) is 5.73 Å². The van der Waals surface area contributed by atoms with Crippen molar-refractivity contribution in [3.63, 3.8) is 0 Å². The van der Waals surface area contributed by atoms with Crippen LogP contribution in [-0.2, 0) is 19.6 Å². The van der Waals surface area contributed by atoms with Crippen molar-refractivity contribution in [2.75, 3.05) is 0 Å². The number of carbonyl (C=O) groups is 2. The summed E-state index contributed by atoms with van der Waals surface area (Å²) in [5.74, 6) is -2.07. The summed E-state index contributed by atoms with van der Waals surface area (Å²) in [6.07, 6.45) is -0.443. The van der Waals surface area contributed by atoms with Crippen LogP contribution in [-0.4, -0.2) is 31.4 Å². The smallest absolute Gasteiger partial charge is 0.321 e. The van der Waals surface area contributed by atoms with E-state index >= 15 is 0 Å². The van der Waals surface area contributed by atoms with Crippen molar-refractivity contribution in [1.82, 2.24) is 4.72 Å². The summed E-state index contributed by atoms with van der Waals surface area (Å²) in [7, 11) is -4.03. The molecule has 1 atom stereocenters. The Morgan fingerprint density at radius 2 is 2.05 bits per heavy atom. The third kappa shape index (κ3) is 5.10. The van der Waals surface area contributed by atoms with E-state index in [1.165, 1.54) is 6.07 Å². The molecular weight excluding hydrogens is 364 g/mol. The van der Waals surface area contributed by atoms with Crippen molar-refractivity contribution in [3.8, 4) is 0 Å². The molecule has 0 spiro atoms. The van der Waals surface area contributed by atoms with Crippen LogP contribution >= 0.6 is 15.9 Å². The van der Waals surface area contributed by atoms with Crippen LogP contribution in [0.4, 0.5) is 0 Å². The molecule has 0 aliphatic carbocycles.